The van der Waals surface area contributed by atoms with Crippen molar-refractivity contribution in [3.63, 3.8) is 0 Å². The number of aliphatic imine (C=N–C) groups is 3. The molecule has 0 saturated carbocycles. The lowest BCUT2D eigenvalue weighted by Gasteiger charge is -2.41. The molecule has 3 rings (SSSR count). The Bertz CT molecular complexity index is 1060. The molecular formula is C21H14N3O5PS. The van der Waals surface area contributed by atoms with Gasteiger partial charge < -0.3 is 9.79 Å². The second kappa shape index (κ2) is 10.0. The number of nitrogens with zero attached hydrogens (tertiary/aromatic N) is 3. The van der Waals surface area contributed by atoms with Crippen LogP contribution in [0.1, 0.15) is 0 Å². The van der Waals surface area contributed by atoms with Gasteiger partial charge in [-0.25, -0.2) is 14.4 Å². The first-order valence-electron chi connectivity index (χ1n) is 8.61. The first-order chi connectivity index (χ1) is 15.1. The molecule has 0 radical (unpaired) electrons. The number of hydrogen-bond donors (Lipinski definition) is 2. The van der Waals surface area contributed by atoms with E-state index in [1.165, 1.54) is 18.2 Å². The SMILES string of the molecule is O=C=Nc1ccc(S(c2ccc(N=C=O)cc2)(c2ccc(N=C=O)cc2)P(O)O)cc1. The minimum Gasteiger partial charge on any atom is -0.342 e. The van der Waals surface area contributed by atoms with E-state index in [1.54, 1.807) is 72.8 Å². The van der Waals surface area contributed by atoms with Gasteiger partial charge in [-0.15, -0.1) is 0 Å². The van der Waals surface area contributed by atoms with Crippen molar-refractivity contribution in [3.8, 4) is 0 Å². The zero-order valence-electron chi connectivity index (χ0n) is 15.7. The molecule has 154 valence electrons. The molecule has 3 aromatic carbocycles. The van der Waals surface area contributed by atoms with Gasteiger partial charge in [-0.05, 0) is 72.8 Å². The molecule has 0 spiro atoms. The Balaban J connectivity index is 2.29. The lowest BCUT2D eigenvalue weighted by atomic mass is 10.3. The normalized spacial score (nSPS) is 13.1. The van der Waals surface area contributed by atoms with Crippen molar-refractivity contribution < 1.29 is 24.2 Å². The van der Waals surface area contributed by atoms with Gasteiger partial charge in [0.15, 0.2) is 0 Å². The van der Waals surface area contributed by atoms with E-state index in [0.717, 1.165) is 0 Å². The van der Waals surface area contributed by atoms with Gasteiger partial charge in [0.05, 0.1) is 17.1 Å². The van der Waals surface area contributed by atoms with Crippen molar-refractivity contribution >= 4 is 52.5 Å². The van der Waals surface area contributed by atoms with Gasteiger partial charge in [-0.3, -0.25) is 0 Å². The first-order valence-corrected chi connectivity index (χ1v) is 12.1. The predicted molar refractivity (Wildman–Crippen MR) is 116 cm³/mol. The van der Waals surface area contributed by atoms with Gasteiger partial charge in [0.2, 0.25) is 25.8 Å². The van der Waals surface area contributed by atoms with Crippen molar-refractivity contribution in [2.45, 2.75) is 14.7 Å². The van der Waals surface area contributed by atoms with Crippen LogP contribution in [0.15, 0.2) is 102 Å². The maximum atomic E-state index is 10.7. The molecule has 2 N–H and O–H groups in total. The van der Waals surface area contributed by atoms with Gasteiger partial charge in [-0.2, -0.15) is 15.0 Å². The third-order valence-electron chi connectivity index (χ3n) is 4.30. The fraction of sp³-hybridized carbons (Fsp3) is 0. The standard InChI is InChI=1S/C21H14N3O5PS/c25-13-22-16-1-7-19(8-2-16)31(30(28)29,20-9-3-17(4-10-20)23-14-26)21-11-5-18(6-12-21)24-15-27/h1-12,28-29H. The van der Waals surface area contributed by atoms with Crippen molar-refractivity contribution in [2.75, 3.05) is 0 Å². The second-order valence-electron chi connectivity index (χ2n) is 5.92. The second-order valence-corrected chi connectivity index (χ2v) is 11.6. The van der Waals surface area contributed by atoms with Crippen LogP contribution in [0.5, 0.6) is 0 Å². The van der Waals surface area contributed by atoms with Crippen LogP contribution in [0.4, 0.5) is 17.1 Å². The zero-order chi connectivity index (χ0) is 22.3. The van der Waals surface area contributed by atoms with Crippen LogP contribution in [-0.2, 0) is 14.4 Å². The molecule has 0 atom stereocenters. The van der Waals surface area contributed by atoms with Crippen molar-refractivity contribution in [1.82, 2.24) is 0 Å². The van der Waals surface area contributed by atoms with Crippen LogP contribution in [0, 0.1) is 0 Å². The molecule has 31 heavy (non-hydrogen) atoms. The summed E-state index contributed by atoms with van der Waals surface area (Å²) in [6.45, 7) is 0. The molecule has 0 aliphatic heterocycles. The monoisotopic (exact) mass is 451 g/mol. The Kier molecular flexibility index (Phi) is 7.16. The summed E-state index contributed by atoms with van der Waals surface area (Å²) in [5.41, 5.74) is 1.12. The Morgan fingerprint density at radius 3 is 1.00 bits per heavy atom. The zero-order valence-corrected chi connectivity index (χ0v) is 17.5. The van der Waals surface area contributed by atoms with E-state index in [1.807, 2.05) is 0 Å². The van der Waals surface area contributed by atoms with Gasteiger partial charge in [-0.1, -0.05) is 9.65 Å². The van der Waals surface area contributed by atoms with Crippen molar-refractivity contribution in [1.29, 1.82) is 0 Å². The highest BCUT2D eigenvalue weighted by Gasteiger charge is 2.38. The summed E-state index contributed by atoms with van der Waals surface area (Å²) in [5, 5.41) is 0. The number of rotatable bonds is 7. The molecule has 0 amide bonds. The van der Waals surface area contributed by atoms with Crippen molar-refractivity contribution in [2.24, 2.45) is 15.0 Å². The van der Waals surface area contributed by atoms with E-state index in [-0.39, 0.29) is 0 Å². The third-order valence-corrected chi connectivity index (χ3v) is 11.0. The molecule has 8 nitrogen and oxygen atoms in total. The van der Waals surface area contributed by atoms with E-state index in [2.05, 4.69) is 15.0 Å². The van der Waals surface area contributed by atoms with Gasteiger partial charge in [0, 0.05) is 14.7 Å². The summed E-state index contributed by atoms with van der Waals surface area (Å²) in [6, 6.07) is 19.5. The largest absolute Gasteiger partial charge is 0.342 e. The van der Waals surface area contributed by atoms with Crippen LogP contribution in [0.3, 0.4) is 0 Å². The molecule has 3 aromatic rings. The van der Waals surface area contributed by atoms with E-state index in [0.29, 0.717) is 31.7 Å². The number of benzene rings is 3. The summed E-state index contributed by atoms with van der Waals surface area (Å²) in [4.78, 5) is 65.6. The average molecular weight is 451 g/mol. The molecule has 10 heteroatoms. The maximum absolute atomic E-state index is 10.7. The molecule has 0 heterocycles. The maximum Gasteiger partial charge on any atom is 0.240 e. The minimum atomic E-state index is -2.59. The fourth-order valence-corrected chi connectivity index (χ4v) is 8.77. The van der Waals surface area contributed by atoms with Crippen LogP contribution in [0.25, 0.3) is 0 Å². The van der Waals surface area contributed by atoms with E-state index in [4.69, 9.17) is 0 Å². The van der Waals surface area contributed by atoms with E-state index in [9.17, 15) is 24.2 Å². The minimum absolute atomic E-state index is 0.374. The molecule has 0 aliphatic carbocycles. The lowest BCUT2D eigenvalue weighted by molar-refractivity contribution is 0.504. The van der Waals surface area contributed by atoms with Crippen LogP contribution in [-0.4, -0.2) is 28.0 Å². The third kappa shape index (κ3) is 4.49. The summed E-state index contributed by atoms with van der Waals surface area (Å²) < 4.78 is 0. The van der Waals surface area contributed by atoms with Crippen LogP contribution in [0.2, 0.25) is 0 Å². The molecule has 0 bridgehead atoms. The molecule has 0 aliphatic rings. The van der Waals surface area contributed by atoms with Gasteiger partial charge in [0.1, 0.15) is 0 Å². The number of isocyanates is 3. The number of hydrogen-bond acceptors (Lipinski definition) is 8. The lowest BCUT2D eigenvalue weighted by Crippen LogP contribution is -2.02. The van der Waals surface area contributed by atoms with Crippen molar-refractivity contribution in [3.05, 3.63) is 72.8 Å². The van der Waals surface area contributed by atoms with Crippen LogP contribution < -0.4 is 0 Å². The molecule has 0 unspecified atom stereocenters. The van der Waals surface area contributed by atoms with Crippen LogP contribution >= 0.6 is 17.2 Å². The van der Waals surface area contributed by atoms with Gasteiger partial charge >= 0.3 is 0 Å². The van der Waals surface area contributed by atoms with E-state index >= 15 is 0 Å². The molecule has 0 saturated heterocycles. The first kappa shape index (κ1) is 22.2. The smallest absolute Gasteiger partial charge is 0.240 e. The topological polar surface area (TPSA) is 129 Å². The Morgan fingerprint density at radius 1 is 0.548 bits per heavy atom. The highest BCUT2D eigenvalue weighted by atomic mass is 32.8. The number of carbonyl (C=O) groups excluding carboxylic acids is 3. The molecule has 0 aromatic heterocycles. The Labute approximate surface area is 179 Å². The fourth-order valence-electron chi connectivity index (χ4n) is 3.00. The highest BCUT2D eigenvalue weighted by molar-refractivity contribution is 8.74. The Morgan fingerprint density at radius 2 is 0.806 bits per heavy atom. The predicted octanol–water partition coefficient (Wildman–Crippen LogP) is 5.08. The summed E-state index contributed by atoms with van der Waals surface area (Å²) in [7, 11) is -5.16. The summed E-state index contributed by atoms with van der Waals surface area (Å²) in [5.74, 6) is 0. The molecule has 0 fully saturated rings. The molecular weight excluding hydrogens is 437 g/mol. The van der Waals surface area contributed by atoms with E-state index < -0.39 is 17.2 Å². The highest BCUT2D eigenvalue weighted by Crippen LogP contribution is 2.85. The Hall–Kier alpha value is -3.50. The average Bonchev–Trinajstić information content (AvgIpc) is 2.78. The quantitative estimate of drug-likeness (QED) is 0.294. The summed E-state index contributed by atoms with van der Waals surface area (Å²) >= 11 is 0. The summed E-state index contributed by atoms with van der Waals surface area (Å²) in [6.07, 6.45) is 4.40. The van der Waals surface area contributed by atoms with Gasteiger partial charge in [0.25, 0.3) is 0 Å².